The zero-order valence-electron chi connectivity index (χ0n) is 30.0. The van der Waals surface area contributed by atoms with Gasteiger partial charge in [-0.3, -0.25) is 19.2 Å². The van der Waals surface area contributed by atoms with Crippen LogP contribution in [0.2, 0.25) is 0 Å². The molecule has 2 aromatic carbocycles. The van der Waals surface area contributed by atoms with Crippen LogP contribution < -0.4 is 24.8 Å². The SMILES string of the molecule is COc1cc2c(cc1OC)C(=O)N[C@H](C(=O)O)CC(=O)N(C)[C@@H](CC(C)C)C(=O)N(C[C@@H]1CCCCO1)CC(=O)N[C@H](Cc1ccccc1)CO2. The molecule has 4 rings (SSSR count). The van der Waals surface area contributed by atoms with E-state index in [0.717, 1.165) is 18.4 Å². The van der Waals surface area contributed by atoms with Crippen LogP contribution in [-0.4, -0.2) is 116 Å². The highest BCUT2D eigenvalue weighted by Crippen LogP contribution is 2.35. The van der Waals surface area contributed by atoms with Crippen molar-refractivity contribution in [2.24, 2.45) is 5.92 Å². The Kier molecular flexibility index (Phi) is 14.1. The van der Waals surface area contributed by atoms with Crippen LogP contribution in [0.5, 0.6) is 17.2 Å². The number of hydrogen-bond donors (Lipinski definition) is 3. The van der Waals surface area contributed by atoms with Crippen molar-refractivity contribution in [3.05, 3.63) is 53.6 Å². The number of nitrogens with zero attached hydrogens (tertiary/aromatic N) is 2. The monoisotopic (exact) mass is 710 g/mol. The minimum atomic E-state index is -1.64. The van der Waals surface area contributed by atoms with E-state index >= 15 is 0 Å². The van der Waals surface area contributed by atoms with Gasteiger partial charge in [-0.1, -0.05) is 44.2 Å². The van der Waals surface area contributed by atoms with E-state index in [-0.39, 0.29) is 61.0 Å². The van der Waals surface area contributed by atoms with Crippen molar-refractivity contribution in [1.82, 2.24) is 20.4 Å². The fourth-order valence-corrected chi connectivity index (χ4v) is 6.28. The smallest absolute Gasteiger partial charge is 0.326 e. The van der Waals surface area contributed by atoms with Crippen molar-refractivity contribution < 1.29 is 48.0 Å². The molecule has 2 heterocycles. The number of carbonyl (C=O) groups excluding carboxylic acids is 4. The molecule has 1 fully saturated rings. The average molecular weight is 711 g/mol. The molecule has 14 heteroatoms. The van der Waals surface area contributed by atoms with E-state index < -0.39 is 54.1 Å². The summed E-state index contributed by atoms with van der Waals surface area (Å²) in [6.45, 7) is 4.10. The van der Waals surface area contributed by atoms with Crippen LogP contribution in [0.3, 0.4) is 0 Å². The maximum absolute atomic E-state index is 14.4. The van der Waals surface area contributed by atoms with Crippen LogP contribution in [0.1, 0.15) is 61.9 Å². The number of methoxy groups -OCH3 is 2. The van der Waals surface area contributed by atoms with Crippen LogP contribution in [0.25, 0.3) is 0 Å². The Morgan fingerprint density at radius 3 is 2.35 bits per heavy atom. The van der Waals surface area contributed by atoms with E-state index in [0.29, 0.717) is 19.4 Å². The summed E-state index contributed by atoms with van der Waals surface area (Å²) >= 11 is 0. The van der Waals surface area contributed by atoms with Gasteiger partial charge < -0.3 is 44.5 Å². The van der Waals surface area contributed by atoms with Gasteiger partial charge in [-0.15, -0.1) is 0 Å². The highest BCUT2D eigenvalue weighted by atomic mass is 16.5. The van der Waals surface area contributed by atoms with Crippen LogP contribution in [0.4, 0.5) is 0 Å². The summed E-state index contributed by atoms with van der Waals surface area (Å²) in [5.41, 5.74) is 0.841. The molecule has 0 bridgehead atoms. The van der Waals surface area contributed by atoms with Crippen molar-refractivity contribution in [3.8, 4) is 17.2 Å². The first-order valence-corrected chi connectivity index (χ1v) is 17.3. The van der Waals surface area contributed by atoms with Crippen LogP contribution >= 0.6 is 0 Å². The Morgan fingerprint density at radius 2 is 1.73 bits per heavy atom. The quantitative estimate of drug-likeness (QED) is 0.351. The number of ether oxygens (including phenoxy) is 4. The zero-order valence-corrected chi connectivity index (χ0v) is 30.0. The second-order valence-electron chi connectivity index (χ2n) is 13.4. The van der Waals surface area contributed by atoms with E-state index in [4.69, 9.17) is 18.9 Å². The molecule has 14 nitrogen and oxygen atoms in total. The van der Waals surface area contributed by atoms with Crippen molar-refractivity contribution >= 4 is 29.6 Å². The number of rotatable bonds is 9. The Bertz CT molecular complexity index is 1530. The van der Waals surface area contributed by atoms with Crippen molar-refractivity contribution in [2.75, 3.05) is 47.6 Å². The maximum atomic E-state index is 14.4. The molecule has 2 aliphatic heterocycles. The fraction of sp³-hybridized carbons (Fsp3) is 0.541. The van der Waals surface area contributed by atoms with E-state index in [1.165, 1.54) is 43.2 Å². The van der Waals surface area contributed by atoms with Crippen molar-refractivity contribution in [3.63, 3.8) is 0 Å². The number of carbonyl (C=O) groups is 5. The predicted octanol–water partition coefficient (Wildman–Crippen LogP) is 2.67. The van der Waals surface area contributed by atoms with Gasteiger partial charge in [-0.05, 0) is 43.6 Å². The first-order chi connectivity index (χ1) is 24.4. The Morgan fingerprint density at radius 1 is 1.02 bits per heavy atom. The normalized spacial score (nSPS) is 22.7. The van der Waals surface area contributed by atoms with Gasteiger partial charge in [-0.2, -0.15) is 0 Å². The molecule has 0 radical (unpaired) electrons. The number of carboxylic acid groups (broad SMARTS) is 1. The lowest BCUT2D eigenvalue weighted by Gasteiger charge is -2.36. The van der Waals surface area contributed by atoms with E-state index in [2.05, 4.69) is 10.6 Å². The van der Waals surface area contributed by atoms with E-state index in [1.54, 1.807) is 0 Å². The molecule has 1 saturated heterocycles. The molecule has 278 valence electrons. The van der Waals surface area contributed by atoms with Gasteiger partial charge in [0.25, 0.3) is 5.91 Å². The summed E-state index contributed by atoms with van der Waals surface area (Å²) in [6, 6.07) is 9.00. The van der Waals surface area contributed by atoms with Gasteiger partial charge >= 0.3 is 5.97 Å². The number of fused-ring (bicyclic) bond motifs is 1. The van der Waals surface area contributed by atoms with Gasteiger partial charge in [0, 0.05) is 32.3 Å². The number of benzene rings is 2. The van der Waals surface area contributed by atoms with Gasteiger partial charge in [-0.25, -0.2) is 4.79 Å². The lowest BCUT2D eigenvalue weighted by atomic mass is 9.99. The minimum absolute atomic E-state index is 0.0317. The molecule has 51 heavy (non-hydrogen) atoms. The first-order valence-electron chi connectivity index (χ1n) is 17.3. The zero-order chi connectivity index (χ0) is 37.1. The Hall–Kier alpha value is -4.85. The van der Waals surface area contributed by atoms with Crippen LogP contribution in [0, 0.1) is 5.92 Å². The van der Waals surface area contributed by atoms with Crippen LogP contribution in [-0.2, 0) is 30.3 Å². The lowest BCUT2D eigenvalue weighted by Crippen LogP contribution is -2.55. The molecule has 4 amide bonds. The van der Waals surface area contributed by atoms with Crippen molar-refractivity contribution in [1.29, 1.82) is 0 Å². The molecular formula is C37H50N4O10. The molecule has 0 saturated carbocycles. The third kappa shape index (κ3) is 10.8. The molecular weight excluding hydrogens is 660 g/mol. The molecule has 0 aliphatic carbocycles. The maximum Gasteiger partial charge on any atom is 0.326 e. The van der Waals surface area contributed by atoms with Crippen molar-refractivity contribution in [2.45, 2.75) is 76.6 Å². The number of hydrogen-bond acceptors (Lipinski definition) is 9. The summed E-state index contributed by atoms with van der Waals surface area (Å²) in [5.74, 6) is -3.39. The third-order valence-electron chi connectivity index (χ3n) is 9.03. The number of aliphatic carboxylic acids is 1. The topological polar surface area (TPSA) is 173 Å². The highest BCUT2D eigenvalue weighted by molar-refractivity contribution is 6.00. The van der Waals surface area contributed by atoms with Gasteiger partial charge in [0.1, 0.15) is 24.4 Å². The van der Waals surface area contributed by atoms with E-state index in [9.17, 15) is 29.1 Å². The molecule has 0 aromatic heterocycles. The summed E-state index contributed by atoms with van der Waals surface area (Å²) < 4.78 is 23.0. The molecule has 4 atom stereocenters. The minimum Gasteiger partial charge on any atom is -0.493 e. The van der Waals surface area contributed by atoms with Crippen LogP contribution in [0.15, 0.2) is 42.5 Å². The number of likely N-dealkylation sites (N-methyl/N-ethyl adjacent to an activating group) is 1. The number of amides is 4. The summed E-state index contributed by atoms with van der Waals surface area (Å²) in [5, 5.41) is 15.6. The second-order valence-corrected chi connectivity index (χ2v) is 13.4. The standard InChI is InChI=1S/C37H50N4O10/c1-23(2)15-29-36(45)41(20-26-13-9-10-14-50-26)21-33(42)38-25(16-24-11-7-6-8-12-24)22-51-30-19-32(49-5)31(48-4)17-27(30)35(44)39-28(37(46)47)18-34(43)40(29)3/h6-8,11-12,17,19,23,25-26,28-29H,9-10,13-16,18,20-22H2,1-5H3,(H,38,42)(H,39,44)(H,46,47)/t25-,26+,28+,29+/m1/s1. The average Bonchev–Trinajstić information content (AvgIpc) is 3.11. The van der Waals surface area contributed by atoms with Gasteiger partial charge in [0.2, 0.25) is 17.7 Å². The summed E-state index contributed by atoms with van der Waals surface area (Å²) in [7, 11) is 4.25. The first kappa shape index (κ1) is 38.9. The summed E-state index contributed by atoms with van der Waals surface area (Å²) in [6.07, 6.45) is 2.24. The third-order valence-corrected chi connectivity index (χ3v) is 9.03. The highest BCUT2D eigenvalue weighted by Gasteiger charge is 2.36. The predicted molar refractivity (Wildman–Crippen MR) is 187 cm³/mol. The molecule has 0 unspecified atom stereocenters. The number of carboxylic acids is 1. The largest absolute Gasteiger partial charge is 0.493 e. The van der Waals surface area contributed by atoms with Gasteiger partial charge in [0.05, 0.1) is 44.9 Å². The second kappa shape index (κ2) is 18.4. The molecule has 2 aromatic rings. The molecule has 0 spiro atoms. The summed E-state index contributed by atoms with van der Waals surface area (Å²) in [4.78, 5) is 70.7. The molecule has 3 N–H and O–H groups in total. The Labute approximate surface area is 298 Å². The van der Waals surface area contributed by atoms with Gasteiger partial charge in [0.15, 0.2) is 11.5 Å². The molecule has 2 aliphatic rings. The number of nitrogens with one attached hydrogen (secondary N) is 2. The van der Waals surface area contributed by atoms with E-state index in [1.807, 2.05) is 44.2 Å². The fourth-order valence-electron chi connectivity index (χ4n) is 6.28. The lowest BCUT2D eigenvalue weighted by molar-refractivity contribution is -0.150. The Balaban J connectivity index is 1.79.